The van der Waals surface area contributed by atoms with Gasteiger partial charge in [-0.2, -0.15) is 13.2 Å². The lowest BCUT2D eigenvalue weighted by Crippen LogP contribution is -2.13. The van der Waals surface area contributed by atoms with Crippen LogP contribution in [-0.2, 0) is 6.18 Å². The van der Waals surface area contributed by atoms with E-state index in [0.717, 1.165) is 31.4 Å². The largest absolute Gasteiger partial charge is 0.416 e. The molecule has 0 bridgehead atoms. The highest BCUT2D eigenvalue weighted by Crippen LogP contribution is 2.33. The first-order valence-corrected chi connectivity index (χ1v) is 6.00. The number of hydrogen-bond acceptors (Lipinski definition) is 1. The van der Waals surface area contributed by atoms with Crippen molar-refractivity contribution in [3.05, 3.63) is 47.5 Å². The lowest BCUT2D eigenvalue weighted by atomic mass is 9.87. The van der Waals surface area contributed by atoms with Gasteiger partial charge in [-0.25, -0.2) is 0 Å². The molecule has 2 rings (SSSR count). The van der Waals surface area contributed by atoms with Gasteiger partial charge in [0, 0.05) is 5.92 Å². The maximum absolute atomic E-state index is 12.4. The molecule has 1 aromatic carbocycles. The van der Waals surface area contributed by atoms with E-state index in [9.17, 15) is 18.3 Å². The van der Waals surface area contributed by atoms with Crippen LogP contribution in [0, 0.1) is 5.92 Å². The van der Waals surface area contributed by atoms with Crippen LogP contribution < -0.4 is 0 Å². The minimum absolute atomic E-state index is 0.00971. The molecule has 0 unspecified atom stereocenters. The van der Waals surface area contributed by atoms with E-state index in [1.54, 1.807) is 0 Å². The Balaban J connectivity index is 2.14. The SMILES string of the molecule is O[C@@H](c1ccc(C(F)(F)F)cc1)[C@@H]1C=CCCC1. The van der Waals surface area contributed by atoms with Crippen LogP contribution in [0.25, 0.3) is 0 Å². The van der Waals surface area contributed by atoms with Gasteiger partial charge in [-0.05, 0) is 37.0 Å². The normalized spacial score (nSPS) is 21.9. The van der Waals surface area contributed by atoms with Gasteiger partial charge in [0.2, 0.25) is 0 Å². The first-order chi connectivity index (χ1) is 8.48. The van der Waals surface area contributed by atoms with Crippen molar-refractivity contribution in [1.29, 1.82) is 0 Å². The van der Waals surface area contributed by atoms with E-state index in [1.807, 2.05) is 12.2 Å². The lowest BCUT2D eigenvalue weighted by Gasteiger charge is -2.23. The van der Waals surface area contributed by atoms with Crippen LogP contribution in [0.1, 0.15) is 36.5 Å². The van der Waals surface area contributed by atoms with Gasteiger partial charge in [0.1, 0.15) is 0 Å². The van der Waals surface area contributed by atoms with Crippen molar-refractivity contribution < 1.29 is 18.3 Å². The summed E-state index contributed by atoms with van der Waals surface area (Å²) in [6.07, 6.45) is 1.82. The zero-order chi connectivity index (χ0) is 13.2. The average molecular weight is 256 g/mol. The number of aliphatic hydroxyl groups is 1. The van der Waals surface area contributed by atoms with Crippen LogP contribution in [0.3, 0.4) is 0 Å². The van der Waals surface area contributed by atoms with E-state index in [4.69, 9.17) is 0 Å². The number of rotatable bonds is 2. The predicted molar refractivity (Wildman–Crippen MR) is 62.9 cm³/mol. The number of aliphatic hydroxyl groups excluding tert-OH is 1. The van der Waals surface area contributed by atoms with Gasteiger partial charge in [-0.3, -0.25) is 0 Å². The van der Waals surface area contributed by atoms with Gasteiger partial charge >= 0.3 is 6.18 Å². The Kier molecular flexibility index (Phi) is 3.76. The zero-order valence-electron chi connectivity index (χ0n) is 9.82. The van der Waals surface area contributed by atoms with E-state index < -0.39 is 17.8 Å². The Morgan fingerprint density at radius 3 is 2.33 bits per heavy atom. The van der Waals surface area contributed by atoms with Crippen molar-refractivity contribution in [2.75, 3.05) is 0 Å². The Hall–Kier alpha value is -1.29. The van der Waals surface area contributed by atoms with Gasteiger partial charge < -0.3 is 5.11 Å². The molecular formula is C14H15F3O. The molecule has 0 aromatic heterocycles. The average Bonchev–Trinajstić information content (AvgIpc) is 2.38. The van der Waals surface area contributed by atoms with E-state index in [2.05, 4.69) is 0 Å². The monoisotopic (exact) mass is 256 g/mol. The molecule has 0 fully saturated rings. The third-order valence-corrected chi connectivity index (χ3v) is 3.28. The molecule has 1 N–H and O–H groups in total. The highest BCUT2D eigenvalue weighted by molar-refractivity contribution is 5.27. The molecule has 0 amide bonds. The molecule has 98 valence electrons. The van der Waals surface area contributed by atoms with Crippen molar-refractivity contribution in [1.82, 2.24) is 0 Å². The van der Waals surface area contributed by atoms with E-state index in [1.165, 1.54) is 12.1 Å². The van der Waals surface area contributed by atoms with Crippen molar-refractivity contribution in [2.24, 2.45) is 5.92 Å². The highest BCUT2D eigenvalue weighted by atomic mass is 19.4. The first-order valence-electron chi connectivity index (χ1n) is 6.00. The van der Waals surface area contributed by atoms with Crippen LogP contribution in [0.2, 0.25) is 0 Å². The Labute approximate surface area is 104 Å². The molecule has 18 heavy (non-hydrogen) atoms. The topological polar surface area (TPSA) is 20.2 Å². The van der Waals surface area contributed by atoms with Crippen molar-refractivity contribution in [3.8, 4) is 0 Å². The highest BCUT2D eigenvalue weighted by Gasteiger charge is 2.30. The van der Waals surface area contributed by atoms with Crippen LogP contribution in [0.4, 0.5) is 13.2 Å². The van der Waals surface area contributed by atoms with Gasteiger partial charge in [0.25, 0.3) is 0 Å². The molecule has 1 aliphatic rings. The third kappa shape index (κ3) is 2.93. The van der Waals surface area contributed by atoms with E-state index in [-0.39, 0.29) is 5.92 Å². The summed E-state index contributed by atoms with van der Waals surface area (Å²) in [7, 11) is 0. The summed E-state index contributed by atoms with van der Waals surface area (Å²) in [5.74, 6) is 0.00971. The number of halogens is 3. The van der Waals surface area contributed by atoms with Gasteiger partial charge in [-0.15, -0.1) is 0 Å². The molecule has 4 heteroatoms. The van der Waals surface area contributed by atoms with Gasteiger partial charge in [0.05, 0.1) is 11.7 Å². The molecule has 1 aliphatic carbocycles. The minimum Gasteiger partial charge on any atom is -0.388 e. The maximum atomic E-state index is 12.4. The summed E-state index contributed by atoms with van der Waals surface area (Å²) in [5, 5.41) is 10.1. The van der Waals surface area contributed by atoms with Gasteiger partial charge in [-0.1, -0.05) is 24.3 Å². The fraction of sp³-hybridized carbons (Fsp3) is 0.429. The predicted octanol–water partition coefficient (Wildman–Crippen LogP) is 4.10. The Morgan fingerprint density at radius 2 is 1.83 bits per heavy atom. The molecule has 2 atom stereocenters. The van der Waals surface area contributed by atoms with Crippen molar-refractivity contribution in [3.63, 3.8) is 0 Å². The summed E-state index contributed by atoms with van der Waals surface area (Å²) < 4.78 is 37.2. The number of alkyl halides is 3. The molecule has 1 aromatic rings. The maximum Gasteiger partial charge on any atom is 0.416 e. The minimum atomic E-state index is -4.33. The quantitative estimate of drug-likeness (QED) is 0.790. The van der Waals surface area contributed by atoms with Crippen LogP contribution in [0.15, 0.2) is 36.4 Å². The molecule has 1 nitrogen and oxygen atoms in total. The third-order valence-electron chi connectivity index (χ3n) is 3.28. The first kappa shape index (κ1) is 13.1. The van der Waals surface area contributed by atoms with Crippen LogP contribution in [0.5, 0.6) is 0 Å². The molecule has 0 heterocycles. The van der Waals surface area contributed by atoms with E-state index in [0.29, 0.717) is 5.56 Å². The molecule has 0 saturated heterocycles. The number of benzene rings is 1. The second kappa shape index (κ2) is 5.14. The Morgan fingerprint density at radius 1 is 1.17 bits per heavy atom. The molecule has 0 spiro atoms. The zero-order valence-corrected chi connectivity index (χ0v) is 9.82. The summed E-state index contributed by atoms with van der Waals surface area (Å²) in [4.78, 5) is 0. The molecule has 0 aliphatic heterocycles. The summed E-state index contributed by atoms with van der Waals surface area (Å²) in [6, 6.07) is 4.75. The molecule has 0 saturated carbocycles. The van der Waals surface area contributed by atoms with Crippen molar-refractivity contribution >= 4 is 0 Å². The number of hydrogen-bond donors (Lipinski definition) is 1. The standard InChI is InChI=1S/C14H15F3O/c15-14(16,17)12-8-6-11(7-9-12)13(18)10-4-2-1-3-5-10/h2,4,6-10,13,18H,1,3,5H2/t10-,13-/m1/s1. The second-order valence-electron chi connectivity index (χ2n) is 4.59. The summed E-state index contributed by atoms with van der Waals surface area (Å²) >= 11 is 0. The van der Waals surface area contributed by atoms with Gasteiger partial charge in [0.15, 0.2) is 0 Å². The van der Waals surface area contributed by atoms with E-state index >= 15 is 0 Å². The fourth-order valence-electron chi connectivity index (χ4n) is 2.22. The summed E-state index contributed by atoms with van der Waals surface area (Å²) in [5.41, 5.74) is -0.141. The van der Waals surface area contributed by atoms with Crippen LogP contribution >= 0.6 is 0 Å². The number of allylic oxidation sites excluding steroid dienone is 1. The fourth-order valence-corrected chi connectivity index (χ4v) is 2.22. The molecular weight excluding hydrogens is 241 g/mol. The summed E-state index contributed by atoms with van der Waals surface area (Å²) in [6.45, 7) is 0. The van der Waals surface area contributed by atoms with Crippen LogP contribution in [-0.4, -0.2) is 5.11 Å². The van der Waals surface area contributed by atoms with Crippen molar-refractivity contribution in [2.45, 2.75) is 31.5 Å². The second-order valence-corrected chi connectivity index (χ2v) is 4.59. The Bertz CT molecular complexity index is 420. The lowest BCUT2D eigenvalue weighted by molar-refractivity contribution is -0.137. The molecule has 0 radical (unpaired) electrons. The smallest absolute Gasteiger partial charge is 0.388 e.